The van der Waals surface area contributed by atoms with Crippen LogP contribution in [0.2, 0.25) is 0 Å². The van der Waals surface area contributed by atoms with Crippen molar-refractivity contribution < 1.29 is 14.3 Å². The lowest BCUT2D eigenvalue weighted by atomic mass is 10.1. The molecule has 0 saturated carbocycles. The molecule has 0 bridgehead atoms. The number of imide groups is 1. The molecular formula is C29H42N2O3. The van der Waals surface area contributed by atoms with Gasteiger partial charge in [0.2, 0.25) is 0 Å². The summed E-state index contributed by atoms with van der Waals surface area (Å²) in [6.07, 6.45) is 4.56. The van der Waals surface area contributed by atoms with Gasteiger partial charge in [0.1, 0.15) is 5.75 Å². The highest BCUT2D eigenvalue weighted by Gasteiger charge is 2.35. The first-order valence-corrected chi connectivity index (χ1v) is 12.7. The van der Waals surface area contributed by atoms with Gasteiger partial charge in [-0.3, -0.25) is 19.4 Å². The molecule has 1 heterocycles. The van der Waals surface area contributed by atoms with Crippen molar-refractivity contribution in [2.45, 2.75) is 85.9 Å². The molecule has 5 heteroatoms. The van der Waals surface area contributed by atoms with Crippen LogP contribution in [0.15, 0.2) is 48.5 Å². The number of carbonyl (C=O) groups is 2. The van der Waals surface area contributed by atoms with E-state index < -0.39 is 0 Å². The molecule has 0 atom stereocenters. The third kappa shape index (κ3) is 7.42. The summed E-state index contributed by atoms with van der Waals surface area (Å²) in [5.41, 5.74) is 1.81. The number of nitrogens with zero attached hydrogens (tertiary/aromatic N) is 2. The Morgan fingerprint density at radius 1 is 0.794 bits per heavy atom. The molecule has 0 N–H and O–H groups in total. The molecular weight excluding hydrogens is 424 g/mol. The SMILES string of the molecule is CCCCCCOc1ccccc1CN1C(=O)c2ccccc2C1=O.CCN(C(C)C)C(C)C. The van der Waals surface area contributed by atoms with Crippen LogP contribution in [0.1, 0.15) is 93.5 Å². The topological polar surface area (TPSA) is 49.9 Å². The summed E-state index contributed by atoms with van der Waals surface area (Å²) >= 11 is 0. The quantitative estimate of drug-likeness (QED) is 0.278. The predicted molar refractivity (Wildman–Crippen MR) is 139 cm³/mol. The molecule has 5 nitrogen and oxygen atoms in total. The summed E-state index contributed by atoms with van der Waals surface area (Å²) in [6.45, 7) is 15.4. The van der Waals surface area contributed by atoms with Crippen molar-refractivity contribution in [1.29, 1.82) is 0 Å². The molecule has 0 spiro atoms. The molecule has 3 rings (SSSR count). The Balaban J connectivity index is 0.000000387. The van der Waals surface area contributed by atoms with Crippen LogP contribution in [0.25, 0.3) is 0 Å². The maximum atomic E-state index is 12.5. The molecule has 2 aromatic rings. The highest BCUT2D eigenvalue weighted by atomic mass is 16.5. The van der Waals surface area contributed by atoms with Gasteiger partial charge in [0.25, 0.3) is 11.8 Å². The first kappa shape index (κ1) is 27.6. The maximum absolute atomic E-state index is 12.5. The van der Waals surface area contributed by atoms with Gasteiger partial charge in [0, 0.05) is 17.6 Å². The number of amides is 2. The van der Waals surface area contributed by atoms with E-state index in [4.69, 9.17) is 4.74 Å². The number of hydrogen-bond donors (Lipinski definition) is 0. The lowest BCUT2D eigenvalue weighted by Gasteiger charge is -2.28. The molecule has 1 aliphatic rings. The average molecular weight is 467 g/mol. The highest BCUT2D eigenvalue weighted by molar-refractivity contribution is 6.21. The van der Waals surface area contributed by atoms with Gasteiger partial charge in [-0.25, -0.2) is 0 Å². The molecule has 0 saturated heterocycles. The smallest absolute Gasteiger partial charge is 0.261 e. The van der Waals surface area contributed by atoms with E-state index in [1.807, 2.05) is 24.3 Å². The number of fused-ring (bicyclic) bond motifs is 1. The zero-order valence-corrected chi connectivity index (χ0v) is 21.8. The second kappa shape index (κ2) is 13.9. The molecule has 0 unspecified atom stereocenters. The Morgan fingerprint density at radius 2 is 1.35 bits per heavy atom. The van der Waals surface area contributed by atoms with Crippen molar-refractivity contribution in [3.05, 3.63) is 65.2 Å². The fourth-order valence-electron chi connectivity index (χ4n) is 4.37. The summed E-state index contributed by atoms with van der Waals surface area (Å²) in [5, 5.41) is 0. The van der Waals surface area contributed by atoms with Gasteiger partial charge < -0.3 is 4.74 Å². The highest BCUT2D eigenvalue weighted by Crippen LogP contribution is 2.27. The normalized spacial score (nSPS) is 12.9. The molecule has 0 radical (unpaired) electrons. The monoisotopic (exact) mass is 466 g/mol. The number of hydrogen-bond acceptors (Lipinski definition) is 4. The molecule has 0 aromatic heterocycles. The minimum Gasteiger partial charge on any atom is -0.493 e. The minimum absolute atomic E-state index is 0.234. The van der Waals surface area contributed by atoms with Gasteiger partial charge in [0.05, 0.1) is 24.3 Å². The number of ether oxygens (including phenoxy) is 1. The van der Waals surface area contributed by atoms with Crippen LogP contribution in [0.5, 0.6) is 5.75 Å². The van der Waals surface area contributed by atoms with Crippen LogP contribution in [0.4, 0.5) is 0 Å². The third-order valence-corrected chi connectivity index (χ3v) is 6.13. The zero-order chi connectivity index (χ0) is 25.1. The first-order valence-electron chi connectivity index (χ1n) is 12.7. The lowest BCUT2D eigenvalue weighted by Crippen LogP contribution is -2.36. The van der Waals surface area contributed by atoms with Gasteiger partial charge in [0.15, 0.2) is 0 Å². The molecule has 186 valence electrons. The van der Waals surface area contributed by atoms with Crippen molar-refractivity contribution >= 4 is 11.8 Å². The van der Waals surface area contributed by atoms with Gasteiger partial charge >= 0.3 is 0 Å². The summed E-state index contributed by atoms with van der Waals surface area (Å²) in [6, 6.07) is 16.0. The van der Waals surface area contributed by atoms with Crippen molar-refractivity contribution in [3.8, 4) is 5.75 Å². The van der Waals surface area contributed by atoms with Crippen LogP contribution in [0, 0.1) is 0 Å². The Morgan fingerprint density at radius 3 is 1.85 bits per heavy atom. The van der Waals surface area contributed by atoms with Gasteiger partial charge in [-0.15, -0.1) is 0 Å². The standard InChI is InChI=1S/C21H23NO3.C8H19N/c1-2-3-4-9-14-25-19-13-8-5-10-16(19)15-22-20(23)17-11-6-7-12-18(17)21(22)24;1-6-9(7(2)3)8(4)5/h5-8,10-13H,2-4,9,14-15H2,1H3;7-8H,6H2,1-5H3. The number of benzene rings is 2. The van der Waals surface area contributed by atoms with Crippen molar-refractivity contribution in [2.24, 2.45) is 0 Å². The van der Waals surface area contributed by atoms with Crippen LogP contribution >= 0.6 is 0 Å². The summed E-state index contributed by atoms with van der Waals surface area (Å²) in [5.74, 6) is 0.271. The number of carbonyl (C=O) groups excluding carboxylic acids is 2. The fourth-order valence-corrected chi connectivity index (χ4v) is 4.37. The van der Waals surface area contributed by atoms with E-state index >= 15 is 0 Å². The van der Waals surface area contributed by atoms with Crippen LogP contribution in [0.3, 0.4) is 0 Å². The van der Waals surface area contributed by atoms with E-state index in [9.17, 15) is 9.59 Å². The molecule has 34 heavy (non-hydrogen) atoms. The molecule has 2 aromatic carbocycles. The van der Waals surface area contributed by atoms with E-state index in [0.717, 1.165) is 30.7 Å². The largest absolute Gasteiger partial charge is 0.493 e. The Hall–Kier alpha value is -2.66. The second-order valence-corrected chi connectivity index (χ2v) is 9.28. The zero-order valence-electron chi connectivity index (χ0n) is 21.8. The molecule has 0 fully saturated rings. The third-order valence-electron chi connectivity index (χ3n) is 6.13. The summed E-state index contributed by atoms with van der Waals surface area (Å²) in [7, 11) is 0. The Labute approximate surface area is 206 Å². The molecule has 0 aliphatic carbocycles. The molecule has 2 amide bonds. The van der Waals surface area contributed by atoms with E-state index in [2.05, 4.69) is 46.4 Å². The van der Waals surface area contributed by atoms with E-state index in [1.165, 1.54) is 17.7 Å². The number of rotatable bonds is 11. The van der Waals surface area contributed by atoms with Gasteiger partial charge in [-0.2, -0.15) is 0 Å². The van der Waals surface area contributed by atoms with Crippen LogP contribution in [-0.2, 0) is 6.54 Å². The Kier molecular flexibility index (Phi) is 11.3. The lowest BCUT2D eigenvalue weighted by molar-refractivity contribution is 0.0641. The number of unbranched alkanes of at least 4 members (excludes halogenated alkanes) is 3. The first-order chi connectivity index (χ1) is 16.3. The summed E-state index contributed by atoms with van der Waals surface area (Å²) in [4.78, 5) is 28.8. The van der Waals surface area contributed by atoms with Gasteiger partial charge in [-0.1, -0.05) is 63.4 Å². The van der Waals surface area contributed by atoms with Crippen LogP contribution < -0.4 is 4.74 Å². The number of para-hydroxylation sites is 1. The van der Waals surface area contributed by atoms with Crippen LogP contribution in [-0.4, -0.2) is 46.8 Å². The predicted octanol–water partition coefficient (Wildman–Crippen LogP) is 6.57. The Bertz CT molecular complexity index is 880. The van der Waals surface area contributed by atoms with E-state index in [1.54, 1.807) is 24.3 Å². The minimum atomic E-state index is -0.238. The second-order valence-electron chi connectivity index (χ2n) is 9.28. The van der Waals surface area contributed by atoms with Crippen molar-refractivity contribution in [2.75, 3.05) is 13.2 Å². The maximum Gasteiger partial charge on any atom is 0.261 e. The fraction of sp³-hybridized carbons (Fsp3) is 0.517. The van der Waals surface area contributed by atoms with E-state index in [-0.39, 0.29) is 18.4 Å². The van der Waals surface area contributed by atoms with Crippen molar-refractivity contribution in [1.82, 2.24) is 9.80 Å². The van der Waals surface area contributed by atoms with Crippen molar-refractivity contribution in [3.63, 3.8) is 0 Å². The van der Waals surface area contributed by atoms with E-state index in [0.29, 0.717) is 29.8 Å². The molecule has 1 aliphatic heterocycles. The average Bonchev–Trinajstić information content (AvgIpc) is 3.05. The van der Waals surface area contributed by atoms with Gasteiger partial charge in [-0.05, 0) is 58.9 Å². The summed E-state index contributed by atoms with van der Waals surface area (Å²) < 4.78 is 5.89.